The lowest BCUT2D eigenvalue weighted by atomic mass is 10.1. The Morgan fingerprint density at radius 1 is 1.05 bits per heavy atom. The average Bonchev–Trinajstić information content (AvgIpc) is 2.39. The van der Waals surface area contributed by atoms with Crippen molar-refractivity contribution in [1.29, 1.82) is 0 Å². The molecule has 0 aliphatic carbocycles. The van der Waals surface area contributed by atoms with Crippen LogP contribution in [0.2, 0.25) is 0 Å². The number of alkyl halides is 3. The third kappa shape index (κ3) is 3.39. The van der Waals surface area contributed by atoms with Crippen molar-refractivity contribution in [2.24, 2.45) is 0 Å². The molecule has 1 N–H and O–H groups in total. The van der Waals surface area contributed by atoms with Crippen molar-refractivity contribution >= 4 is 27.5 Å². The summed E-state index contributed by atoms with van der Waals surface area (Å²) < 4.78 is 38.2. The van der Waals surface area contributed by atoms with Gasteiger partial charge in [0.2, 0.25) is 0 Å². The molecule has 2 rings (SSSR count). The second-order valence-corrected chi connectivity index (χ2v) is 4.87. The van der Waals surface area contributed by atoms with E-state index in [1.165, 1.54) is 12.1 Å². The van der Waals surface area contributed by atoms with Gasteiger partial charge in [0.25, 0.3) is 5.91 Å². The van der Waals surface area contributed by atoms with Crippen LogP contribution in [-0.4, -0.2) is 5.91 Å². The second kappa shape index (κ2) is 5.66. The molecule has 0 aliphatic heterocycles. The summed E-state index contributed by atoms with van der Waals surface area (Å²) in [7, 11) is 0. The standard InChI is InChI=1S/C14H9BrF3NO/c15-12-7-6-9(8-11(12)14(16,17)18)13(20)19-10-4-2-1-3-5-10/h1-8H,(H,19,20). The third-order valence-corrected chi connectivity index (χ3v) is 3.26. The molecule has 0 heterocycles. The van der Waals surface area contributed by atoms with E-state index in [1.807, 2.05) is 0 Å². The molecule has 0 bridgehead atoms. The quantitative estimate of drug-likeness (QED) is 0.839. The number of halogens is 4. The molecule has 0 radical (unpaired) electrons. The largest absolute Gasteiger partial charge is 0.417 e. The fraction of sp³-hybridized carbons (Fsp3) is 0.0714. The predicted molar refractivity (Wildman–Crippen MR) is 73.5 cm³/mol. The van der Waals surface area contributed by atoms with Gasteiger partial charge < -0.3 is 5.32 Å². The first-order valence-electron chi connectivity index (χ1n) is 5.61. The summed E-state index contributed by atoms with van der Waals surface area (Å²) >= 11 is 2.83. The lowest BCUT2D eigenvalue weighted by molar-refractivity contribution is -0.138. The maximum atomic E-state index is 12.8. The number of carbonyl (C=O) groups is 1. The summed E-state index contributed by atoms with van der Waals surface area (Å²) in [6.45, 7) is 0. The van der Waals surface area contributed by atoms with Gasteiger partial charge in [0.05, 0.1) is 5.56 Å². The summed E-state index contributed by atoms with van der Waals surface area (Å²) in [5.74, 6) is -0.589. The van der Waals surface area contributed by atoms with Gasteiger partial charge >= 0.3 is 6.18 Å². The Kier molecular flexibility index (Phi) is 4.13. The Morgan fingerprint density at radius 2 is 1.70 bits per heavy atom. The van der Waals surface area contributed by atoms with Crippen LogP contribution >= 0.6 is 15.9 Å². The Hall–Kier alpha value is -1.82. The molecule has 0 fully saturated rings. The molecule has 104 valence electrons. The second-order valence-electron chi connectivity index (χ2n) is 4.01. The zero-order valence-electron chi connectivity index (χ0n) is 10.0. The van der Waals surface area contributed by atoms with E-state index < -0.39 is 17.6 Å². The van der Waals surface area contributed by atoms with Gasteiger partial charge in [0.1, 0.15) is 0 Å². The van der Waals surface area contributed by atoms with Crippen molar-refractivity contribution in [3.8, 4) is 0 Å². The van der Waals surface area contributed by atoms with Crippen LogP contribution in [0.3, 0.4) is 0 Å². The predicted octanol–water partition coefficient (Wildman–Crippen LogP) is 4.72. The number of carbonyl (C=O) groups excluding carboxylic acids is 1. The summed E-state index contributed by atoms with van der Waals surface area (Å²) in [5.41, 5.74) is -0.406. The van der Waals surface area contributed by atoms with Crippen molar-refractivity contribution in [2.45, 2.75) is 6.18 Å². The van der Waals surface area contributed by atoms with Gasteiger partial charge in [-0.25, -0.2) is 0 Å². The number of nitrogens with one attached hydrogen (secondary N) is 1. The van der Waals surface area contributed by atoms with E-state index in [0.29, 0.717) is 5.69 Å². The minimum absolute atomic E-state index is 0.0515. The summed E-state index contributed by atoms with van der Waals surface area (Å²) in [6.07, 6.45) is -4.51. The molecular formula is C14H9BrF3NO. The molecule has 1 amide bonds. The van der Waals surface area contributed by atoms with Crippen LogP contribution in [0.25, 0.3) is 0 Å². The smallest absolute Gasteiger partial charge is 0.322 e. The zero-order chi connectivity index (χ0) is 14.8. The zero-order valence-corrected chi connectivity index (χ0v) is 11.6. The molecule has 0 saturated carbocycles. The van der Waals surface area contributed by atoms with Gasteiger partial charge in [0, 0.05) is 15.7 Å². The van der Waals surface area contributed by atoms with E-state index in [-0.39, 0.29) is 10.0 Å². The lowest BCUT2D eigenvalue weighted by Crippen LogP contribution is -2.14. The first-order chi connectivity index (χ1) is 9.38. The highest BCUT2D eigenvalue weighted by Gasteiger charge is 2.33. The van der Waals surface area contributed by atoms with Crippen LogP contribution < -0.4 is 5.32 Å². The Bertz CT molecular complexity index is 626. The Morgan fingerprint density at radius 3 is 2.30 bits per heavy atom. The highest BCUT2D eigenvalue weighted by atomic mass is 79.9. The molecule has 2 aromatic rings. The van der Waals surface area contributed by atoms with Crippen LogP contribution in [-0.2, 0) is 6.18 Å². The molecule has 2 nitrogen and oxygen atoms in total. The van der Waals surface area contributed by atoms with E-state index in [4.69, 9.17) is 0 Å². The minimum Gasteiger partial charge on any atom is -0.322 e. The first kappa shape index (κ1) is 14.6. The number of hydrogen-bond acceptors (Lipinski definition) is 1. The van der Waals surface area contributed by atoms with Gasteiger partial charge in [-0.3, -0.25) is 4.79 Å². The van der Waals surface area contributed by atoms with Crippen LogP contribution in [0, 0.1) is 0 Å². The van der Waals surface area contributed by atoms with Crippen LogP contribution in [0.5, 0.6) is 0 Å². The molecule has 0 unspecified atom stereocenters. The topological polar surface area (TPSA) is 29.1 Å². The van der Waals surface area contributed by atoms with Gasteiger partial charge in [-0.2, -0.15) is 13.2 Å². The summed E-state index contributed by atoms with van der Waals surface area (Å²) in [4.78, 5) is 11.9. The monoisotopic (exact) mass is 343 g/mol. The normalized spacial score (nSPS) is 11.2. The van der Waals surface area contributed by atoms with Crippen molar-refractivity contribution in [3.63, 3.8) is 0 Å². The molecule has 20 heavy (non-hydrogen) atoms. The molecule has 0 spiro atoms. The molecule has 2 aromatic carbocycles. The van der Waals surface area contributed by atoms with Crippen molar-refractivity contribution in [3.05, 3.63) is 64.1 Å². The van der Waals surface area contributed by atoms with Crippen LogP contribution in [0.1, 0.15) is 15.9 Å². The van der Waals surface area contributed by atoms with Crippen LogP contribution in [0.15, 0.2) is 53.0 Å². The SMILES string of the molecule is O=C(Nc1ccccc1)c1ccc(Br)c(C(F)(F)F)c1. The third-order valence-electron chi connectivity index (χ3n) is 2.57. The minimum atomic E-state index is -4.51. The fourth-order valence-electron chi connectivity index (χ4n) is 1.61. The Labute approximate surface area is 121 Å². The number of hydrogen-bond donors (Lipinski definition) is 1. The highest BCUT2D eigenvalue weighted by molar-refractivity contribution is 9.10. The molecule has 0 aromatic heterocycles. The first-order valence-corrected chi connectivity index (χ1v) is 6.40. The van der Waals surface area contributed by atoms with E-state index >= 15 is 0 Å². The van der Waals surface area contributed by atoms with Gasteiger partial charge in [0.15, 0.2) is 0 Å². The number of amides is 1. The van der Waals surface area contributed by atoms with Gasteiger partial charge in [-0.05, 0) is 30.3 Å². The van der Waals surface area contributed by atoms with E-state index in [9.17, 15) is 18.0 Å². The van der Waals surface area contributed by atoms with E-state index in [2.05, 4.69) is 21.2 Å². The van der Waals surface area contributed by atoms with E-state index in [1.54, 1.807) is 30.3 Å². The van der Waals surface area contributed by atoms with Crippen molar-refractivity contribution in [1.82, 2.24) is 0 Å². The maximum Gasteiger partial charge on any atom is 0.417 e. The number of rotatable bonds is 2. The number of anilines is 1. The van der Waals surface area contributed by atoms with Crippen molar-refractivity contribution in [2.75, 3.05) is 5.32 Å². The Balaban J connectivity index is 2.27. The van der Waals surface area contributed by atoms with Crippen molar-refractivity contribution < 1.29 is 18.0 Å². The summed E-state index contributed by atoms with van der Waals surface area (Å²) in [6, 6.07) is 11.9. The average molecular weight is 344 g/mol. The van der Waals surface area contributed by atoms with Gasteiger partial charge in [-0.1, -0.05) is 34.1 Å². The highest BCUT2D eigenvalue weighted by Crippen LogP contribution is 2.35. The molecule has 0 atom stereocenters. The fourth-order valence-corrected chi connectivity index (χ4v) is 2.08. The van der Waals surface area contributed by atoms with Crippen LogP contribution in [0.4, 0.5) is 18.9 Å². The maximum absolute atomic E-state index is 12.8. The molecular weight excluding hydrogens is 335 g/mol. The molecule has 6 heteroatoms. The van der Waals surface area contributed by atoms with Gasteiger partial charge in [-0.15, -0.1) is 0 Å². The number of para-hydroxylation sites is 1. The number of benzene rings is 2. The molecule has 0 aliphatic rings. The summed E-state index contributed by atoms with van der Waals surface area (Å²) in [5, 5.41) is 2.53. The van der Waals surface area contributed by atoms with E-state index in [0.717, 1.165) is 6.07 Å². The molecule has 0 saturated heterocycles. The lowest BCUT2D eigenvalue weighted by Gasteiger charge is -2.11.